The molecule has 5 rings (SSSR count). The average molecular weight is 441 g/mol. The van der Waals surface area contributed by atoms with Crippen molar-refractivity contribution in [1.29, 1.82) is 5.26 Å². The van der Waals surface area contributed by atoms with Gasteiger partial charge in [-0.05, 0) is 78.1 Å². The van der Waals surface area contributed by atoms with Crippen LogP contribution in [0.4, 0.5) is 0 Å². The minimum atomic E-state index is -0.638. The van der Waals surface area contributed by atoms with Gasteiger partial charge in [0, 0.05) is 5.41 Å². The Morgan fingerprint density at radius 3 is 2.67 bits per heavy atom. The molecule has 3 N–H and O–H groups in total. The second-order valence-corrected chi connectivity index (χ2v) is 10.5. The molecule has 0 radical (unpaired) electrons. The van der Waals surface area contributed by atoms with E-state index >= 15 is 0 Å². The maximum Gasteiger partial charge on any atom is 0.282 e. The summed E-state index contributed by atoms with van der Waals surface area (Å²) in [7, 11) is 5.76. The first kappa shape index (κ1) is 21.9. The first-order chi connectivity index (χ1) is 15.6. The minimum Gasteiger partial charge on any atom is -0.497 e. The predicted octanol–water partition coefficient (Wildman–Crippen LogP) is 1.42. The number of aliphatic imine (C=N–C) groups is 1. The molecule has 0 saturated heterocycles. The summed E-state index contributed by atoms with van der Waals surface area (Å²) >= 11 is 0. The number of amidine groups is 1. The van der Waals surface area contributed by atoms with Gasteiger partial charge < -0.3 is 20.3 Å². The number of nitrogens with two attached hydrogens (primary N) is 1. The number of methoxy groups -OCH3 is 1. The molecule has 1 fully saturated rings. The van der Waals surface area contributed by atoms with Crippen molar-refractivity contribution in [3.05, 3.63) is 53.1 Å². The Kier molecular flexibility index (Phi) is 4.84. The van der Waals surface area contributed by atoms with E-state index in [1.54, 1.807) is 13.2 Å². The summed E-state index contributed by atoms with van der Waals surface area (Å²) in [5.74, 6) is 0.825. The molecule has 1 heterocycles. The summed E-state index contributed by atoms with van der Waals surface area (Å²) in [6, 6.07) is 14.5. The van der Waals surface area contributed by atoms with E-state index in [1.165, 1.54) is 5.56 Å². The van der Waals surface area contributed by atoms with Gasteiger partial charge in [-0.2, -0.15) is 5.26 Å². The van der Waals surface area contributed by atoms with Crippen LogP contribution in [-0.4, -0.2) is 45.4 Å². The van der Waals surface area contributed by atoms with E-state index in [4.69, 9.17) is 20.2 Å². The van der Waals surface area contributed by atoms with Gasteiger partial charge in [0.25, 0.3) is 6.02 Å². The van der Waals surface area contributed by atoms with E-state index < -0.39 is 10.9 Å². The Balaban J connectivity index is 1.71. The topological polar surface area (TPSA) is 101 Å². The zero-order valence-corrected chi connectivity index (χ0v) is 19.7. The fourth-order valence-corrected chi connectivity index (χ4v) is 6.83. The second-order valence-electron chi connectivity index (χ2n) is 10.5. The first-order valence-electron chi connectivity index (χ1n) is 11.6. The standard InChI is InChI=1S/C25H29B2N3O3/c1-14-11-23(6-5-21(14)31)12-17-4-3-16(18-7-15(13-28)8-19(9-18)32-2)10-20(17)24(23)25(26,27)33-22(29)30-24/h3-4,7-10,14,21,31H,5-6,11-12,26-27H2,1-2H3,(H2,29,30)/t14-,21-,23-,24?/m0/s1. The summed E-state index contributed by atoms with van der Waals surface area (Å²) in [6.07, 6.45) is 3.06. The van der Waals surface area contributed by atoms with Crippen LogP contribution in [0.5, 0.6) is 5.75 Å². The molecule has 2 aliphatic carbocycles. The molecule has 0 amide bonds. The Bertz CT molecular complexity index is 1210. The predicted molar refractivity (Wildman–Crippen MR) is 133 cm³/mol. The molecule has 4 atom stereocenters. The number of ether oxygens (including phenoxy) is 2. The molecule has 0 aromatic heterocycles. The fraction of sp³-hybridized carbons (Fsp3) is 0.440. The normalized spacial score (nSPS) is 31.6. The van der Waals surface area contributed by atoms with Crippen LogP contribution in [0.2, 0.25) is 0 Å². The molecule has 6 nitrogen and oxygen atoms in total. The quantitative estimate of drug-likeness (QED) is 0.687. The fourth-order valence-electron chi connectivity index (χ4n) is 6.83. The highest BCUT2D eigenvalue weighted by Gasteiger charge is 2.68. The maximum absolute atomic E-state index is 10.5. The molecular formula is C25H29B2N3O3. The van der Waals surface area contributed by atoms with Crippen LogP contribution in [0.25, 0.3) is 11.1 Å². The van der Waals surface area contributed by atoms with Crippen LogP contribution in [0, 0.1) is 22.7 Å². The highest BCUT2D eigenvalue weighted by molar-refractivity contribution is 6.41. The summed E-state index contributed by atoms with van der Waals surface area (Å²) in [5, 5.41) is 19.4. The van der Waals surface area contributed by atoms with Gasteiger partial charge in [0.05, 0.1) is 30.2 Å². The van der Waals surface area contributed by atoms with Crippen molar-refractivity contribution in [3.63, 3.8) is 0 Å². The van der Waals surface area contributed by atoms with Crippen molar-refractivity contribution in [2.45, 2.75) is 49.6 Å². The van der Waals surface area contributed by atoms with Gasteiger partial charge in [0.2, 0.25) is 0 Å². The zero-order valence-electron chi connectivity index (χ0n) is 19.7. The Morgan fingerprint density at radius 2 is 2.03 bits per heavy atom. The molecular weight excluding hydrogens is 412 g/mol. The summed E-state index contributed by atoms with van der Waals surface area (Å²) in [5.41, 5.74) is 10.3. The number of benzene rings is 2. The molecule has 33 heavy (non-hydrogen) atoms. The molecule has 1 aliphatic heterocycles. The molecule has 2 spiro atoms. The first-order valence-corrected chi connectivity index (χ1v) is 11.6. The third-order valence-electron chi connectivity index (χ3n) is 8.20. The Labute approximate surface area is 196 Å². The van der Waals surface area contributed by atoms with Gasteiger partial charge in [0.1, 0.15) is 11.3 Å². The van der Waals surface area contributed by atoms with Crippen LogP contribution in [0.15, 0.2) is 41.4 Å². The lowest BCUT2D eigenvalue weighted by molar-refractivity contribution is -0.0406. The summed E-state index contributed by atoms with van der Waals surface area (Å²) < 4.78 is 11.6. The van der Waals surface area contributed by atoms with Crippen LogP contribution in [-0.2, 0) is 16.7 Å². The van der Waals surface area contributed by atoms with Gasteiger partial charge in [-0.3, -0.25) is 0 Å². The molecule has 2 aromatic carbocycles. The van der Waals surface area contributed by atoms with Crippen LogP contribution in [0.1, 0.15) is 42.9 Å². The van der Waals surface area contributed by atoms with Crippen LogP contribution in [0.3, 0.4) is 0 Å². The van der Waals surface area contributed by atoms with Gasteiger partial charge in [0.15, 0.2) is 15.7 Å². The van der Waals surface area contributed by atoms with Gasteiger partial charge in [-0.15, -0.1) is 0 Å². The number of hydrogen-bond acceptors (Lipinski definition) is 6. The summed E-state index contributed by atoms with van der Waals surface area (Å²) in [4.78, 5) is 5.07. The van der Waals surface area contributed by atoms with Gasteiger partial charge in [-0.25, -0.2) is 4.99 Å². The minimum absolute atomic E-state index is 0.175. The largest absolute Gasteiger partial charge is 0.497 e. The van der Waals surface area contributed by atoms with Crippen molar-refractivity contribution >= 4 is 21.7 Å². The highest BCUT2D eigenvalue weighted by Crippen LogP contribution is 2.65. The summed E-state index contributed by atoms with van der Waals surface area (Å²) in [6.45, 7) is 2.13. The number of aliphatic hydroxyl groups excluding tert-OH is 1. The van der Waals surface area contributed by atoms with Crippen LogP contribution < -0.4 is 10.5 Å². The van der Waals surface area contributed by atoms with E-state index in [0.717, 1.165) is 42.4 Å². The second kappa shape index (κ2) is 7.30. The number of fused-ring (bicyclic) bond motifs is 3. The number of hydrogen-bond donors (Lipinski definition) is 2. The molecule has 8 heteroatoms. The van der Waals surface area contributed by atoms with Crippen molar-refractivity contribution in [1.82, 2.24) is 0 Å². The maximum atomic E-state index is 10.5. The number of aliphatic hydroxyl groups is 1. The number of rotatable bonds is 2. The molecule has 2 aromatic rings. The SMILES string of the molecule is BC1(B)OC(N)=NC12c1cc(-c3cc(C#N)cc(OC)c3)ccc1C[C@@]21CC[C@H](O)[C@@H](C)C1. The molecule has 0 bridgehead atoms. The van der Waals surface area contributed by atoms with E-state index in [2.05, 4.69) is 46.9 Å². The van der Waals surface area contributed by atoms with E-state index in [1.807, 2.05) is 12.1 Å². The average Bonchev–Trinajstić information content (AvgIpc) is 3.20. The third-order valence-corrected chi connectivity index (χ3v) is 8.20. The Hall–Kier alpha value is -2.91. The lowest BCUT2D eigenvalue weighted by Crippen LogP contribution is -2.60. The molecule has 168 valence electrons. The van der Waals surface area contributed by atoms with E-state index in [-0.39, 0.29) is 23.5 Å². The monoisotopic (exact) mass is 441 g/mol. The number of nitriles is 1. The van der Waals surface area contributed by atoms with E-state index in [0.29, 0.717) is 11.3 Å². The lowest BCUT2D eigenvalue weighted by Gasteiger charge is -2.52. The smallest absolute Gasteiger partial charge is 0.282 e. The highest BCUT2D eigenvalue weighted by atomic mass is 16.5. The zero-order chi connectivity index (χ0) is 23.6. The van der Waals surface area contributed by atoms with Gasteiger partial charge >= 0.3 is 0 Å². The number of nitrogens with zero attached hydrogens (tertiary/aromatic N) is 2. The Morgan fingerprint density at radius 1 is 1.24 bits per heavy atom. The lowest BCUT2D eigenvalue weighted by atomic mass is 9.44. The van der Waals surface area contributed by atoms with Crippen molar-refractivity contribution < 1.29 is 14.6 Å². The third kappa shape index (κ3) is 3.02. The molecule has 3 aliphatic rings. The van der Waals surface area contributed by atoms with E-state index in [9.17, 15) is 10.4 Å². The van der Waals surface area contributed by atoms with Crippen molar-refractivity contribution in [3.8, 4) is 22.9 Å². The van der Waals surface area contributed by atoms with Crippen molar-refractivity contribution in [2.24, 2.45) is 22.1 Å². The molecule has 1 unspecified atom stereocenters. The van der Waals surface area contributed by atoms with Gasteiger partial charge in [-0.1, -0.05) is 19.1 Å². The van der Waals surface area contributed by atoms with Crippen LogP contribution >= 0.6 is 0 Å². The molecule has 1 saturated carbocycles. The van der Waals surface area contributed by atoms with Crippen molar-refractivity contribution in [2.75, 3.05) is 7.11 Å².